The van der Waals surface area contributed by atoms with Crippen LogP contribution in [0.1, 0.15) is 27.3 Å². The third-order valence-corrected chi connectivity index (χ3v) is 4.09. The zero-order valence-electron chi connectivity index (χ0n) is 13.8. The zero-order valence-corrected chi connectivity index (χ0v) is 13.8. The maximum absolute atomic E-state index is 12.2. The van der Waals surface area contributed by atoms with Gasteiger partial charge in [0.2, 0.25) is 0 Å². The first kappa shape index (κ1) is 16.3. The number of aryl methyl sites for hydroxylation is 1. The van der Waals surface area contributed by atoms with Gasteiger partial charge in [-0.25, -0.2) is 0 Å². The minimum Gasteiger partial charge on any atom is -0.497 e. The van der Waals surface area contributed by atoms with Crippen LogP contribution in [0.3, 0.4) is 0 Å². The van der Waals surface area contributed by atoms with Crippen molar-refractivity contribution in [3.63, 3.8) is 0 Å². The lowest BCUT2D eigenvalue weighted by atomic mass is 10.1. The molecule has 0 radical (unpaired) electrons. The highest BCUT2D eigenvalue weighted by Gasteiger charge is 2.13. The van der Waals surface area contributed by atoms with Gasteiger partial charge in [-0.05, 0) is 50.6 Å². The van der Waals surface area contributed by atoms with Crippen molar-refractivity contribution in [1.29, 1.82) is 0 Å². The Balaban J connectivity index is 1.83. The van der Waals surface area contributed by atoms with E-state index in [0.717, 1.165) is 35.7 Å². The number of aromatic nitrogens is 1. The Bertz CT molecular complexity index is 659. The third kappa shape index (κ3) is 3.77. The second-order valence-corrected chi connectivity index (χ2v) is 5.55. The molecule has 1 N–H and O–H groups in total. The summed E-state index contributed by atoms with van der Waals surface area (Å²) in [6, 6.07) is 9.96. The standard InChI is InChI=1S/C18H24N2O2/c1-13-10-17(14(2)20(13)3)18(21)12-19-9-8-15-6-5-7-16(11-15)22-4/h5-7,10-11,19H,8-9,12H2,1-4H3. The Morgan fingerprint density at radius 3 is 2.68 bits per heavy atom. The Morgan fingerprint density at radius 1 is 1.27 bits per heavy atom. The number of carbonyl (C=O) groups excluding carboxylic acids is 1. The first-order valence-electron chi connectivity index (χ1n) is 7.52. The second kappa shape index (κ2) is 7.27. The van der Waals surface area contributed by atoms with E-state index in [-0.39, 0.29) is 5.78 Å². The Kier molecular flexibility index (Phi) is 5.39. The Morgan fingerprint density at radius 2 is 2.05 bits per heavy atom. The number of rotatable bonds is 7. The Hall–Kier alpha value is -2.07. The van der Waals surface area contributed by atoms with Crippen LogP contribution in [0.5, 0.6) is 5.75 Å². The second-order valence-electron chi connectivity index (χ2n) is 5.55. The largest absolute Gasteiger partial charge is 0.497 e. The number of carbonyl (C=O) groups is 1. The molecule has 1 heterocycles. The fourth-order valence-electron chi connectivity index (χ4n) is 2.50. The summed E-state index contributed by atoms with van der Waals surface area (Å²) in [7, 11) is 3.65. The van der Waals surface area contributed by atoms with Crippen molar-refractivity contribution in [2.45, 2.75) is 20.3 Å². The van der Waals surface area contributed by atoms with Crippen molar-refractivity contribution < 1.29 is 9.53 Å². The highest BCUT2D eigenvalue weighted by Crippen LogP contribution is 2.14. The van der Waals surface area contributed by atoms with E-state index in [2.05, 4.69) is 11.4 Å². The third-order valence-electron chi connectivity index (χ3n) is 4.09. The first-order chi connectivity index (χ1) is 10.5. The quantitative estimate of drug-likeness (QED) is 0.631. The minimum atomic E-state index is 0.145. The van der Waals surface area contributed by atoms with Crippen molar-refractivity contribution in [2.75, 3.05) is 20.2 Å². The van der Waals surface area contributed by atoms with E-state index in [1.807, 2.05) is 49.7 Å². The maximum atomic E-state index is 12.2. The van der Waals surface area contributed by atoms with Gasteiger partial charge < -0.3 is 14.6 Å². The van der Waals surface area contributed by atoms with Gasteiger partial charge in [-0.15, -0.1) is 0 Å². The molecule has 1 aromatic carbocycles. The molecule has 22 heavy (non-hydrogen) atoms. The van der Waals surface area contributed by atoms with Crippen molar-refractivity contribution in [1.82, 2.24) is 9.88 Å². The normalized spacial score (nSPS) is 10.7. The SMILES string of the molecule is COc1cccc(CCNCC(=O)c2cc(C)n(C)c2C)c1. The van der Waals surface area contributed by atoms with Gasteiger partial charge >= 0.3 is 0 Å². The van der Waals surface area contributed by atoms with E-state index in [1.165, 1.54) is 5.56 Å². The van der Waals surface area contributed by atoms with Gasteiger partial charge in [-0.2, -0.15) is 0 Å². The molecule has 0 saturated heterocycles. The topological polar surface area (TPSA) is 43.3 Å². The lowest BCUT2D eigenvalue weighted by Gasteiger charge is -2.06. The fraction of sp³-hybridized carbons (Fsp3) is 0.389. The molecule has 2 aromatic rings. The summed E-state index contributed by atoms with van der Waals surface area (Å²) in [6.07, 6.45) is 0.872. The molecule has 0 unspecified atom stereocenters. The van der Waals surface area contributed by atoms with Crippen LogP contribution in [0, 0.1) is 13.8 Å². The molecule has 0 amide bonds. The van der Waals surface area contributed by atoms with Gasteiger partial charge in [-0.1, -0.05) is 12.1 Å². The van der Waals surface area contributed by atoms with Crippen molar-refractivity contribution >= 4 is 5.78 Å². The molecule has 118 valence electrons. The van der Waals surface area contributed by atoms with Crippen molar-refractivity contribution in [2.24, 2.45) is 7.05 Å². The molecule has 0 aliphatic rings. The lowest BCUT2D eigenvalue weighted by molar-refractivity contribution is 0.0990. The minimum absolute atomic E-state index is 0.145. The summed E-state index contributed by atoms with van der Waals surface area (Å²) in [5.74, 6) is 1.01. The number of ketones is 1. The number of Topliss-reactive ketones (excluding diaryl/α,β-unsaturated/α-hetero) is 1. The van der Waals surface area contributed by atoms with Gasteiger partial charge in [0.05, 0.1) is 13.7 Å². The molecular formula is C18H24N2O2. The molecule has 0 saturated carbocycles. The van der Waals surface area contributed by atoms with Gasteiger partial charge in [0.15, 0.2) is 5.78 Å². The molecule has 0 atom stereocenters. The molecule has 2 rings (SSSR count). The maximum Gasteiger partial charge on any atom is 0.178 e. The molecule has 0 aliphatic heterocycles. The molecule has 0 fully saturated rings. The number of ether oxygens (including phenoxy) is 1. The summed E-state index contributed by atoms with van der Waals surface area (Å²) in [4.78, 5) is 12.2. The summed E-state index contributed by atoms with van der Waals surface area (Å²) in [5, 5.41) is 3.23. The first-order valence-corrected chi connectivity index (χ1v) is 7.52. The molecule has 4 heteroatoms. The summed E-state index contributed by atoms with van der Waals surface area (Å²) < 4.78 is 7.25. The highest BCUT2D eigenvalue weighted by atomic mass is 16.5. The van der Waals surface area contributed by atoms with Gasteiger partial charge in [0.25, 0.3) is 0 Å². The molecule has 0 bridgehead atoms. The van der Waals surface area contributed by atoms with Crippen molar-refractivity contribution in [3.8, 4) is 5.75 Å². The molecule has 0 spiro atoms. The van der Waals surface area contributed by atoms with E-state index in [9.17, 15) is 4.79 Å². The summed E-state index contributed by atoms with van der Waals surface area (Å²) >= 11 is 0. The van der Waals surface area contributed by atoms with E-state index in [0.29, 0.717) is 6.54 Å². The number of nitrogens with one attached hydrogen (secondary N) is 1. The number of benzene rings is 1. The average molecular weight is 300 g/mol. The highest BCUT2D eigenvalue weighted by molar-refractivity contribution is 5.99. The van der Waals surface area contributed by atoms with E-state index >= 15 is 0 Å². The van der Waals surface area contributed by atoms with Crippen LogP contribution in [0.25, 0.3) is 0 Å². The zero-order chi connectivity index (χ0) is 16.1. The molecule has 0 aliphatic carbocycles. The van der Waals surface area contributed by atoms with Crippen molar-refractivity contribution in [3.05, 3.63) is 52.8 Å². The number of hydrogen-bond donors (Lipinski definition) is 1. The lowest BCUT2D eigenvalue weighted by Crippen LogP contribution is -2.25. The summed E-state index contributed by atoms with van der Waals surface area (Å²) in [5.41, 5.74) is 4.15. The Labute approximate surface area is 132 Å². The molecule has 4 nitrogen and oxygen atoms in total. The van der Waals surface area contributed by atoms with Crippen LogP contribution < -0.4 is 10.1 Å². The van der Waals surface area contributed by atoms with Crippen LogP contribution >= 0.6 is 0 Å². The van der Waals surface area contributed by atoms with Crippen LogP contribution in [0.4, 0.5) is 0 Å². The smallest absolute Gasteiger partial charge is 0.178 e. The van der Waals surface area contributed by atoms with Crippen LogP contribution in [-0.2, 0) is 13.5 Å². The van der Waals surface area contributed by atoms with E-state index in [1.54, 1.807) is 7.11 Å². The van der Waals surface area contributed by atoms with Gasteiger partial charge in [0.1, 0.15) is 5.75 Å². The number of methoxy groups -OCH3 is 1. The van der Waals surface area contributed by atoms with Crippen LogP contribution in [0.2, 0.25) is 0 Å². The monoisotopic (exact) mass is 300 g/mol. The van der Waals surface area contributed by atoms with E-state index in [4.69, 9.17) is 4.74 Å². The van der Waals surface area contributed by atoms with Gasteiger partial charge in [-0.3, -0.25) is 4.79 Å². The predicted octanol–water partition coefficient (Wildman–Crippen LogP) is 2.67. The number of hydrogen-bond acceptors (Lipinski definition) is 3. The summed E-state index contributed by atoms with van der Waals surface area (Å²) in [6.45, 7) is 5.13. The average Bonchev–Trinajstić information content (AvgIpc) is 2.79. The molecular weight excluding hydrogens is 276 g/mol. The van der Waals surface area contributed by atoms with Crippen LogP contribution in [-0.4, -0.2) is 30.5 Å². The van der Waals surface area contributed by atoms with Crippen LogP contribution in [0.15, 0.2) is 30.3 Å². The van der Waals surface area contributed by atoms with Gasteiger partial charge in [0, 0.05) is 24.0 Å². The van der Waals surface area contributed by atoms with E-state index < -0.39 is 0 Å². The molecule has 1 aromatic heterocycles. The predicted molar refractivity (Wildman–Crippen MR) is 88.8 cm³/mol. The fourth-order valence-corrected chi connectivity index (χ4v) is 2.50. The number of nitrogens with zero attached hydrogens (tertiary/aromatic N) is 1.